The molecule has 0 saturated heterocycles. The molecule has 0 atom stereocenters. The van der Waals surface area contributed by atoms with Crippen molar-refractivity contribution in [2.75, 3.05) is 18.1 Å². The van der Waals surface area contributed by atoms with Crippen molar-refractivity contribution in [1.29, 1.82) is 0 Å². The van der Waals surface area contributed by atoms with E-state index in [1.165, 1.54) is 47.7 Å². The molecule has 0 aliphatic heterocycles. The molecule has 27 heteroatoms. The van der Waals surface area contributed by atoms with Crippen LogP contribution in [0.25, 0.3) is 16.5 Å². The van der Waals surface area contributed by atoms with Crippen molar-refractivity contribution < 1.29 is 53.9 Å². The minimum Gasteiger partial charge on any atom is -0.505 e. The first-order valence-corrected chi connectivity index (χ1v) is 23.7. The lowest BCUT2D eigenvalue weighted by Crippen LogP contribution is -2.08. The number of benzene rings is 4. The number of hydrogen-bond acceptors (Lipinski definition) is 20. The second-order valence-corrected chi connectivity index (χ2v) is 19.2. The van der Waals surface area contributed by atoms with Crippen LogP contribution >= 0.6 is 23.1 Å². The highest BCUT2D eigenvalue weighted by Gasteiger charge is 2.23. The normalized spacial score (nSPS) is 12.7. The van der Waals surface area contributed by atoms with E-state index in [1.54, 1.807) is 24.8 Å². The Kier molecular flexibility index (Phi) is 13.5. The van der Waals surface area contributed by atoms with E-state index in [9.17, 15) is 44.6 Å². The minimum absolute atomic E-state index is 0.0760. The molecule has 61 heavy (non-hydrogen) atoms. The molecule has 2 aromatic heterocycles. The van der Waals surface area contributed by atoms with Crippen molar-refractivity contribution in [2.45, 2.75) is 40.8 Å². The summed E-state index contributed by atoms with van der Waals surface area (Å²) in [4.78, 5) is -1.14. The summed E-state index contributed by atoms with van der Waals surface area (Å²) < 4.78 is 107. The standard InChI is InChI=1S/C34H32N10O12S5/c1-3-14-57-34-43-42-33(58-34)41-38-26-17-29(56-13-4-15-59(47,48)49)27(16-19(26)2)39-36-24-11-10-23-22(30(24)45)9-12-25(31(23)61(53,54)55)37-40-28-18-35-44(32(28)46)20-5-7-21(8-6-20)60(50,51)52/h5-12,16-18,45-46H,3-4,13-15H2,1-2H3,(H,47,48,49)(H,50,51,52)(H,53,54,55). The molecule has 0 saturated carbocycles. The van der Waals surface area contributed by atoms with Crippen LogP contribution in [0, 0.1) is 6.92 Å². The zero-order valence-electron chi connectivity index (χ0n) is 31.5. The predicted molar refractivity (Wildman–Crippen MR) is 222 cm³/mol. The Morgan fingerprint density at radius 1 is 0.754 bits per heavy atom. The lowest BCUT2D eigenvalue weighted by Gasteiger charge is -2.11. The third-order valence-corrected chi connectivity index (χ3v) is 12.9. The van der Waals surface area contributed by atoms with Gasteiger partial charge in [-0.1, -0.05) is 36.1 Å². The van der Waals surface area contributed by atoms with Crippen LogP contribution in [0.5, 0.6) is 17.4 Å². The van der Waals surface area contributed by atoms with Crippen LogP contribution in [0.1, 0.15) is 25.3 Å². The minimum atomic E-state index is -5.04. The summed E-state index contributed by atoms with van der Waals surface area (Å²) >= 11 is 2.80. The van der Waals surface area contributed by atoms with Crippen LogP contribution in [-0.4, -0.2) is 87.2 Å². The fourth-order valence-electron chi connectivity index (χ4n) is 5.31. The van der Waals surface area contributed by atoms with Crippen LogP contribution in [0.15, 0.2) is 112 Å². The van der Waals surface area contributed by atoms with Gasteiger partial charge < -0.3 is 14.9 Å². The van der Waals surface area contributed by atoms with Gasteiger partial charge in [0.2, 0.25) is 5.88 Å². The van der Waals surface area contributed by atoms with Crippen molar-refractivity contribution in [3.63, 3.8) is 0 Å². The molecule has 0 amide bonds. The van der Waals surface area contributed by atoms with Gasteiger partial charge in [0.05, 0.1) is 34.8 Å². The van der Waals surface area contributed by atoms with Crippen LogP contribution in [0.3, 0.4) is 0 Å². The summed E-state index contributed by atoms with van der Waals surface area (Å²) in [7, 11) is -13.8. The summed E-state index contributed by atoms with van der Waals surface area (Å²) in [6, 6.07) is 12.5. The van der Waals surface area contributed by atoms with Crippen molar-refractivity contribution in [3.05, 3.63) is 72.4 Å². The Hall–Kier alpha value is -5.81. The summed E-state index contributed by atoms with van der Waals surface area (Å²) in [5, 5.41) is 58.7. The Balaban J connectivity index is 1.30. The van der Waals surface area contributed by atoms with Gasteiger partial charge in [0.1, 0.15) is 27.7 Å². The van der Waals surface area contributed by atoms with E-state index in [4.69, 9.17) is 9.29 Å². The van der Waals surface area contributed by atoms with Crippen LogP contribution < -0.4 is 4.74 Å². The second kappa shape index (κ2) is 18.4. The third kappa shape index (κ3) is 11.1. The highest BCUT2D eigenvalue weighted by Crippen LogP contribution is 2.43. The molecule has 0 bridgehead atoms. The topological polar surface area (TPSA) is 331 Å². The van der Waals surface area contributed by atoms with E-state index in [-0.39, 0.29) is 58.0 Å². The summed E-state index contributed by atoms with van der Waals surface area (Å²) in [6.07, 6.45) is 1.96. The number of aryl methyl sites for hydroxylation is 1. The number of thioether (sulfide) groups is 1. The van der Waals surface area contributed by atoms with E-state index >= 15 is 0 Å². The summed E-state index contributed by atoms with van der Waals surface area (Å²) in [5.74, 6) is -0.728. The van der Waals surface area contributed by atoms with Gasteiger partial charge in [-0.25, -0.2) is 0 Å². The second-order valence-electron chi connectivity index (χ2n) is 12.5. The van der Waals surface area contributed by atoms with Gasteiger partial charge in [0, 0.05) is 22.6 Å². The Labute approximate surface area is 355 Å². The molecular weight excluding hydrogens is 901 g/mol. The van der Waals surface area contributed by atoms with Crippen molar-refractivity contribution >= 4 is 97.8 Å². The number of nitrogens with zero attached hydrogens (tertiary/aromatic N) is 10. The van der Waals surface area contributed by atoms with Gasteiger partial charge in [-0.05, 0) is 73.9 Å². The van der Waals surface area contributed by atoms with E-state index in [1.807, 2.05) is 6.92 Å². The molecule has 0 radical (unpaired) electrons. The molecule has 22 nitrogen and oxygen atoms in total. The van der Waals surface area contributed by atoms with Crippen molar-refractivity contribution in [3.8, 4) is 23.1 Å². The fraction of sp³-hybridized carbons (Fsp3) is 0.206. The van der Waals surface area contributed by atoms with E-state index in [0.29, 0.717) is 16.4 Å². The van der Waals surface area contributed by atoms with Gasteiger partial charge in [0.25, 0.3) is 35.5 Å². The molecule has 0 aliphatic rings. The van der Waals surface area contributed by atoms with Gasteiger partial charge in [-0.2, -0.15) is 35.0 Å². The molecule has 0 fully saturated rings. The molecule has 0 unspecified atom stereocenters. The van der Waals surface area contributed by atoms with E-state index in [2.05, 4.69) is 46.0 Å². The predicted octanol–water partition coefficient (Wildman–Crippen LogP) is 8.50. The van der Waals surface area contributed by atoms with Crippen molar-refractivity contribution in [2.24, 2.45) is 30.7 Å². The van der Waals surface area contributed by atoms with E-state index in [0.717, 1.165) is 45.6 Å². The van der Waals surface area contributed by atoms with Gasteiger partial charge >= 0.3 is 0 Å². The number of fused-ring (bicyclic) bond motifs is 1. The zero-order chi connectivity index (χ0) is 44.1. The number of rotatable bonds is 17. The maximum atomic E-state index is 12.7. The molecular formula is C34H32N10O12S5. The fourth-order valence-corrected chi connectivity index (χ4v) is 8.69. The van der Waals surface area contributed by atoms with Crippen LogP contribution in [0.2, 0.25) is 0 Å². The van der Waals surface area contributed by atoms with Crippen LogP contribution in [-0.2, 0) is 30.4 Å². The maximum Gasteiger partial charge on any atom is 0.297 e. The number of aromatic nitrogens is 4. The largest absolute Gasteiger partial charge is 0.505 e. The van der Waals surface area contributed by atoms with Gasteiger partial charge in [-0.15, -0.1) is 40.9 Å². The van der Waals surface area contributed by atoms with Gasteiger partial charge in [-0.3, -0.25) is 13.7 Å². The SMILES string of the molecule is CCCSc1nnc(N=Nc2cc(OCCCS(=O)(=O)O)c(N=Nc3ccc4c(S(=O)(=O)O)c(N=Nc5cnn(-c6ccc(S(=O)(=O)O)cc6)c5O)ccc4c3O)cc2C)s1. The molecule has 6 aromatic rings. The first kappa shape index (κ1) is 44.7. The third-order valence-electron chi connectivity index (χ3n) is 8.12. The highest BCUT2D eigenvalue weighted by atomic mass is 32.2. The molecule has 5 N–H and O–H groups in total. The average Bonchev–Trinajstić information content (AvgIpc) is 3.81. The van der Waals surface area contributed by atoms with E-state index < -0.39 is 57.5 Å². The monoisotopic (exact) mass is 932 g/mol. The highest BCUT2D eigenvalue weighted by molar-refractivity contribution is 8.01. The lowest BCUT2D eigenvalue weighted by molar-refractivity contribution is 0.317. The van der Waals surface area contributed by atoms with Gasteiger partial charge in [0.15, 0.2) is 15.8 Å². The summed E-state index contributed by atoms with van der Waals surface area (Å²) in [6.45, 7) is 3.59. The summed E-state index contributed by atoms with van der Waals surface area (Å²) in [5.41, 5.74) is 0.416. The number of phenolic OH excluding ortho intramolecular Hbond substituents is 1. The molecule has 2 heterocycles. The number of hydrogen-bond donors (Lipinski definition) is 5. The Morgan fingerprint density at radius 3 is 2.10 bits per heavy atom. The number of ether oxygens (including phenoxy) is 1. The smallest absolute Gasteiger partial charge is 0.297 e. The first-order valence-electron chi connectivity index (χ1n) is 17.4. The molecule has 320 valence electrons. The number of phenols is 1. The molecule has 6 rings (SSSR count). The quantitative estimate of drug-likeness (QED) is 0.0248. The first-order chi connectivity index (χ1) is 28.8. The molecule has 0 spiro atoms. The Morgan fingerprint density at radius 2 is 1.41 bits per heavy atom. The van der Waals surface area contributed by atoms with Crippen LogP contribution in [0.4, 0.5) is 33.6 Å². The number of azo groups is 3. The lowest BCUT2D eigenvalue weighted by atomic mass is 10.1. The maximum absolute atomic E-state index is 12.7. The average molecular weight is 933 g/mol. The van der Waals surface area contributed by atoms with Crippen molar-refractivity contribution in [1.82, 2.24) is 20.0 Å². The zero-order valence-corrected chi connectivity index (χ0v) is 35.6. The molecule has 0 aliphatic carbocycles. The molecule has 4 aromatic carbocycles. The number of aromatic hydroxyl groups is 2. The Bertz CT molecular complexity index is 3050.